The SMILES string of the molecule is COc1cc2cc(c1Cl)N(C)C(=O)C[C@H](OC(=O)Nc1ccc(NC(=O)[C@H](CCCNC(N)O)NC(=O)[C@@H](NC(=S)NCCOCCOCCC(=O)ON3C(=O)CCC3=O)C(C)C)c(C(F)(F)F)c1)[C@]1(C)O[C@H]1[C@H](C)[C@@H]1C[C@@](O)(NC(=O)O1)[C@H](OC)/C=C/C=C(\C)C2. The zero-order valence-corrected chi connectivity index (χ0v) is 53.6. The Bertz CT molecular complexity index is 3080. The number of anilines is 3. The maximum Gasteiger partial charge on any atom is 0.418 e. The first-order chi connectivity index (χ1) is 43.4. The maximum absolute atomic E-state index is 15.1. The molecule has 1 unspecified atom stereocenters. The Hall–Kier alpha value is -7.27. The van der Waals surface area contributed by atoms with Crippen molar-refractivity contribution in [1.82, 2.24) is 31.6 Å². The third kappa shape index (κ3) is 20.4. The monoisotopic (exact) mass is 1340 g/mol. The molecule has 0 saturated carbocycles. The van der Waals surface area contributed by atoms with Crippen LogP contribution >= 0.6 is 23.8 Å². The van der Waals surface area contributed by atoms with Crippen LogP contribution in [-0.2, 0) is 74.6 Å². The number of halogens is 4. The van der Waals surface area contributed by atoms with Gasteiger partial charge in [-0.3, -0.25) is 45.7 Å². The Balaban J connectivity index is 1.13. The summed E-state index contributed by atoms with van der Waals surface area (Å²) in [6.45, 7) is 8.80. The molecule has 3 saturated heterocycles. The van der Waals surface area contributed by atoms with Crippen molar-refractivity contribution in [3.05, 3.63) is 70.3 Å². The second-order valence-electron chi connectivity index (χ2n) is 22.8. The number of alkyl halides is 3. The minimum absolute atomic E-state index is 0.0144. The van der Waals surface area contributed by atoms with Crippen molar-refractivity contribution in [2.45, 2.75) is 146 Å². The summed E-state index contributed by atoms with van der Waals surface area (Å²) in [6, 6.07) is 3.25. The molecule has 0 aliphatic carbocycles. The van der Waals surface area contributed by atoms with E-state index in [0.717, 1.165) is 17.7 Å². The molecule has 6 rings (SSSR count). The van der Waals surface area contributed by atoms with Crippen molar-refractivity contribution >= 4 is 93.7 Å². The number of rotatable bonds is 25. The number of ether oxygens (including phenoxy) is 7. The number of thiocarbonyl (C=S) groups is 1. The van der Waals surface area contributed by atoms with E-state index >= 15 is 13.2 Å². The lowest BCUT2D eigenvalue weighted by Gasteiger charge is -2.42. The first-order valence-electron chi connectivity index (χ1n) is 29.5. The lowest BCUT2D eigenvalue weighted by Crippen LogP contribution is -2.63. The normalized spacial score (nSPS) is 24.6. The summed E-state index contributed by atoms with van der Waals surface area (Å²) in [5.41, 5.74) is 0.956. The van der Waals surface area contributed by atoms with Crippen LogP contribution in [0.4, 0.5) is 39.8 Å². The van der Waals surface area contributed by atoms with Gasteiger partial charge in [-0.05, 0) is 93.7 Å². The highest BCUT2D eigenvalue weighted by Crippen LogP contribution is 2.49. The van der Waals surface area contributed by atoms with E-state index in [9.17, 15) is 48.6 Å². The van der Waals surface area contributed by atoms with E-state index in [2.05, 4.69) is 37.2 Å². The van der Waals surface area contributed by atoms with E-state index in [-0.39, 0.29) is 99.6 Å². The van der Waals surface area contributed by atoms with Gasteiger partial charge in [-0.25, -0.2) is 14.4 Å². The molecule has 508 valence electrons. The number of carbonyl (C=O) groups excluding carboxylic acids is 8. The predicted octanol–water partition coefficient (Wildman–Crippen LogP) is 3.94. The second kappa shape index (κ2) is 33.0. The number of amides is 7. The molecule has 7 amide bonds. The Kier molecular flexibility index (Phi) is 26.5. The average molecular weight is 1340 g/mol. The van der Waals surface area contributed by atoms with Crippen LogP contribution in [0.2, 0.25) is 5.02 Å². The number of methoxy groups -OCH3 is 2. The fourth-order valence-corrected chi connectivity index (χ4v) is 10.9. The molecule has 10 atom stereocenters. The van der Waals surface area contributed by atoms with Gasteiger partial charge in [-0.2, -0.15) is 13.2 Å². The zero-order chi connectivity index (χ0) is 67.8. The van der Waals surface area contributed by atoms with Crippen molar-refractivity contribution in [3.63, 3.8) is 0 Å². The number of aliphatic hydroxyl groups excluding tert-OH is 1. The second-order valence-corrected chi connectivity index (χ2v) is 23.6. The largest absolute Gasteiger partial charge is 0.495 e. The number of nitrogens with two attached hydrogens (primary N) is 1. The van der Waals surface area contributed by atoms with Gasteiger partial charge in [0.1, 0.15) is 46.8 Å². The van der Waals surface area contributed by atoms with Gasteiger partial charge in [0.05, 0.1) is 69.4 Å². The first kappa shape index (κ1) is 73.8. The molecule has 4 aliphatic rings. The molecule has 2 aromatic carbocycles. The van der Waals surface area contributed by atoms with E-state index in [1.807, 2.05) is 6.92 Å². The van der Waals surface area contributed by atoms with Crippen LogP contribution in [0.3, 0.4) is 0 Å². The van der Waals surface area contributed by atoms with Crippen LogP contribution in [-0.4, -0.2) is 183 Å². The topological polar surface area (TPSA) is 371 Å². The van der Waals surface area contributed by atoms with E-state index in [1.165, 1.54) is 33.1 Å². The Morgan fingerprint density at radius 1 is 0.967 bits per heavy atom. The lowest BCUT2D eigenvalue weighted by molar-refractivity contribution is -0.198. The first-order valence-corrected chi connectivity index (χ1v) is 30.3. The minimum Gasteiger partial charge on any atom is -0.495 e. The van der Waals surface area contributed by atoms with Gasteiger partial charge in [0, 0.05) is 51.6 Å². The zero-order valence-electron chi connectivity index (χ0n) is 52.0. The summed E-state index contributed by atoms with van der Waals surface area (Å²) in [5.74, 6) is -5.49. The Labute approximate surface area is 539 Å². The number of epoxide rings is 1. The van der Waals surface area contributed by atoms with Crippen LogP contribution in [0.5, 0.6) is 5.75 Å². The molecule has 4 heterocycles. The van der Waals surface area contributed by atoms with Gasteiger partial charge < -0.3 is 74.4 Å². The van der Waals surface area contributed by atoms with E-state index in [1.54, 1.807) is 51.1 Å². The molecule has 92 heavy (non-hydrogen) atoms. The third-order valence-electron chi connectivity index (χ3n) is 15.5. The van der Waals surface area contributed by atoms with Crippen LogP contribution < -0.4 is 52.6 Å². The van der Waals surface area contributed by atoms with Crippen molar-refractivity contribution in [1.29, 1.82) is 0 Å². The fourth-order valence-electron chi connectivity index (χ4n) is 10.4. The predicted molar refractivity (Wildman–Crippen MR) is 328 cm³/mol. The number of nitrogens with one attached hydrogen (secondary N) is 7. The van der Waals surface area contributed by atoms with Crippen LogP contribution in [0.25, 0.3) is 0 Å². The van der Waals surface area contributed by atoms with Gasteiger partial charge in [0.15, 0.2) is 17.2 Å². The van der Waals surface area contributed by atoms with Crippen molar-refractivity contribution in [3.8, 4) is 5.75 Å². The van der Waals surface area contributed by atoms with Gasteiger partial charge in [0.2, 0.25) is 17.7 Å². The average Bonchev–Trinajstić information content (AvgIpc) is 1.57. The van der Waals surface area contributed by atoms with Gasteiger partial charge in [-0.1, -0.05) is 56.2 Å². The molecule has 28 nitrogen and oxygen atoms in total. The molecular weight excluding hydrogens is 1260 g/mol. The van der Waals surface area contributed by atoms with Crippen LogP contribution in [0.1, 0.15) is 90.7 Å². The number of nitrogens with zero attached hydrogens (tertiary/aromatic N) is 2. The number of fused-ring (bicyclic) bond motifs is 5. The highest BCUT2D eigenvalue weighted by Gasteiger charge is 2.64. The molecule has 4 aliphatic heterocycles. The maximum atomic E-state index is 15.1. The highest BCUT2D eigenvalue weighted by molar-refractivity contribution is 7.80. The summed E-state index contributed by atoms with van der Waals surface area (Å²) in [5, 5.41) is 39.9. The summed E-state index contributed by atoms with van der Waals surface area (Å²) < 4.78 is 85.1. The van der Waals surface area contributed by atoms with Crippen molar-refractivity contribution in [2.75, 3.05) is 76.3 Å². The fraction of sp³-hybridized carbons (Fsp3) is 0.576. The smallest absolute Gasteiger partial charge is 0.418 e. The van der Waals surface area contributed by atoms with Crippen LogP contribution in [0.15, 0.2) is 54.1 Å². The van der Waals surface area contributed by atoms with E-state index < -0.39 is 143 Å². The minimum atomic E-state index is -5.17. The molecule has 33 heteroatoms. The number of hydroxylamine groups is 2. The van der Waals surface area contributed by atoms with E-state index in [4.69, 9.17) is 67.5 Å². The van der Waals surface area contributed by atoms with Crippen LogP contribution in [0, 0.1) is 11.8 Å². The Morgan fingerprint density at radius 3 is 2.32 bits per heavy atom. The number of aliphatic hydroxyl groups is 2. The molecule has 0 spiro atoms. The van der Waals surface area contributed by atoms with E-state index in [0.29, 0.717) is 23.1 Å². The number of hydrogen-bond acceptors (Lipinski definition) is 21. The number of alkyl carbamates (subject to hydrolysis) is 1. The number of carbonyl (C=O) groups is 8. The third-order valence-corrected chi connectivity index (χ3v) is 16.1. The van der Waals surface area contributed by atoms with Gasteiger partial charge in [0.25, 0.3) is 11.8 Å². The molecule has 3 fully saturated rings. The van der Waals surface area contributed by atoms with Crippen molar-refractivity contribution in [2.24, 2.45) is 17.6 Å². The standard InChI is InChI=1S/C59H80ClF3N10O18S/c1-31(2)49(70-54(92)66-20-22-87-24-23-86-21-18-47(77)91-73-44(74)16-17-45(73)75)52(79)69-38(12-10-19-65-53(64)80)51(78)68-37-15-14-35(28-36(37)59(61,62)63)67-55(81)89-43-29-46(76)72(6)39-26-34(27-40(84-7)48(39)60)25-32(3)11-9-13-42(85-8)58(83)30-41(88-56(82)71-58)33(4)50-57(43,5)90-50/h9,11,13-15,26-28,31,33,38,41-43,49-50,53,65,80,83H,10,12,16-25,29-30,64H2,1-8H3,(H,67,81)(H,68,78)(H,69,79)(H,71,82)(H2,66,70,92)/b13-9+,32-11+/t33-,38+,41+,42-,43+,49+,50+,53?,57+,58+/m1/s1. The number of allylic oxidation sites excluding steroid dienone is 3. The molecule has 0 aromatic heterocycles. The molecule has 11 N–H and O–H groups in total. The summed E-state index contributed by atoms with van der Waals surface area (Å²) in [6.07, 6.45) is -9.29. The summed E-state index contributed by atoms with van der Waals surface area (Å²) >= 11 is 12.2. The quantitative estimate of drug-likeness (QED) is 0.0221. The molecule has 4 bridgehead atoms. The highest BCUT2D eigenvalue weighted by atomic mass is 35.5. The molecule has 0 radical (unpaired) electrons. The Morgan fingerprint density at radius 2 is 1.66 bits per heavy atom. The number of imide groups is 1. The molecule has 2 aromatic rings. The summed E-state index contributed by atoms with van der Waals surface area (Å²) in [4.78, 5) is 111. The van der Waals surface area contributed by atoms with Gasteiger partial charge in [-0.15, -0.1) is 5.06 Å². The molecular formula is C59H80ClF3N10O18S. The van der Waals surface area contributed by atoms with Crippen molar-refractivity contribution < 1.29 is 99.7 Å². The number of benzene rings is 2. The number of hydrogen-bond donors (Lipinski definition) is 10. The lowest BCUT2D eigenvalue weighted by atomic mass is 9.83. The summed E-state index contributed by atoms with van der Waals surface area (Å²) in [7, 11) is 4.19. The van der Waals surface area contributed by atoms with Gasteiger partial charge >= 0.3 is 24.3 Å².